The Bertz CT molecular complexity index is 1040. The summed E-state index contributed by atoms with van der Waals surface area (Å²) < 4.78 is 5.76. The van der Waals surface area contributed by atoms with E-state index in [4.69, 9.17) is 4.74 Å². The monoisotopic (exact) mass is 415 g/mol. The molecule has 3 N–H and O–H groups in total. The maximum atomic E-state index is 12.8. The van der Waals surface area contributed by atoms with Crippen molar-refractivity contribution in [3.05, 3.63) is 90.0 Å². The van der Waals surface area contributed by atoms with Crippen LogP contribution in [0.2, 0.25) is 0 Å². The standard InChI is InChI=1S/C25H25N3O3/c1-25(2)16-31-21-14-13-19(15-20(21)27-23(25)29)26-24(30)28-22(17-9-5-3-6-10-17)18-11-7-4-8-12-18/h3-15,22H,16H2,1-2H3,(H,27,29)(H2,26,28,30). The van der Waals surface area contributed by atoms with Gasteiger partial charge in [-0.25, -0.2) is 4.79 Å². The quantitative estimate of drug-likeness (QED) is 0.564. The van der Waals surface area contributed by atoms with Gasteiger partial charge in [0.1, 0.15) is 12.4 Å². The molecule has 31 heavy (non-hydrogen) atoms. The Morgan fingerprint density at radius 2 is 1.58 bits per heavy atom. The van der Waals surface area contributed by atoms with Gasteiger partial charge in [-0.3, -0.25) is 4.79 Å². The van der Waals surface area contributed by atoms with E-state index in [0.717, 1.165) is 11.1 Å². The summed E-state index contributed by atoms with van der Waals surface area (Å²) in [5, 5.41) is 8.79. The molecule has 0 saturated heterocycles. The molecule has 3 amide bonds. The number of amides is 3. The molecule has 0 fully saturated rings. The maximum absolute atomic E-state index is 12.8. The van der Waals surface area contributed by atoms with Crippen LogP contribution in [0, 0.1) is 5.41 Å². The summed E-state index contributed by atoms with van der Waals surface area (Å²) in [6, 6.07) is 24.2. The highest BCUT2D eigenvalue weighted by atomic mass is 16.5. The Balaban J connectivity index is 1.52. The average Bonchev–Trinajstić information content (AvgIpc) is 2.88. The van der Waals surface area contributed by atoms with Gasteiger partial charge in [-0.1, -0.05) is 60.7 Å². The van der Waals surface area contributed by atoms with Gasteiger partial charge in [-0.05, 0) is 43.2 Å². The first-order valence-corrected chi connectivity index (χ1v) is 10.2. The molecule has 0 aromatic heterocycles. The SMILES string of the molecule is CC1(C)COc2ccc(NC(=O)NC(c3ccccc3)c3ccccc3)cc2NC1=O. The molecule has 6 nitrogen and oxygen atoms in total. The Morgan fingerprint density at radius 1 is 0.968 bits per heavy atom. The first-order valence-electron chi connectivity index (χ1n) is 10.2. The van der Waals surface area contributed by atoms with Gasteiger partial charge >= 0.3 is 6.03 Å². The topological polar surface area (TPSA) is 79.5 Å². The number of hydrogen-bond donors (Lipinski definition) is 3. The Labute approximate surface area is 181 Å². The van der Waals surface area contributed by atoms with Crippen LogP contribution >= 0.6 is 0 Å². The van der Waals surface area contributed by atoms with Crippen molar-refractivity contribution in [3.63, 3.8) is 0 Å². The molecule has 0 aliphatic carbocycles. The fraction of sp³-hybridized carbons (Fsp3) is 0.200. The van der Waals surface area contributed by atoms with Crippen LogP contribution < -0.4 is 20.7 Å². The van der Waals surface area contributed by atoms with E-state index in [0.29, 0.717) is 17.1 Å². The van der Waals surface area contributed by atoms with Crippen molar-refractivity contribution in [2.24, 2.45) is 5.41 Å². The van der Waals surface area contributed by atoms with Crippen LogP contribution in [0.4, 0.5) is 16.2 Å². The Hall–Kier alpha value is -3.80. The molecule has 158 valence electrons. The van der Waals surface area contributed by atoms with E-state index in [2.05, 4.69) is 16.0 Å². The second-order valence-corrected chi connectivity index (χ2v) is 8.19. The fourth-order valence-corrected chi connectivity index (χ4v) is 3.39. The maximum Gasteiger partial charge on any atom is 0.319 e. The Kier molecular flexibility index (Phi) is 5.62. The molecular formula is C25H25N3O3. The van der Waals surface area contributed by atoms with Crippen LogP contribution in [0.5, 0.6) is 5.75 Å². The zero-order valence-corrected chi connectivity index (χ0v) is 17.5. The largest absolute Gasteiger partial charge is 0.490 e. The third kappa shape index (κ3) is 4.69. The van der Waals surface area contributed by atoms with Crippen molar-refractivity contribution >= 4 is 23.3 Å². The molecule has 0 bridgehead atoms. The van der Waals surface area contributed by atoms with Crippen LogP contribution in [-0.4, -0.2) is 18.5 Å². The summed E-state index contributed by atoms with van der Waals surface area (Å²) in [4.78, 5) is 25.2. The smallest absolute Gasteiger partial charge is 0.319 e. The van der Waals surface area contributed by atoms with Crippen LogP contribution in [0.3, 0.4) is 0 Å². The van der Waals surface area contributed by atoms with E-state index < -0.39 is 5.41 Å². The van der Waals surface area contributed by atoms with Gasteiger partial charge in [0.25, 0.3) is 0 Å². The van der Waals surface area contributed by atoms with E-state index >= 15 is 0 Å². The lowest BCUT2D eigenvalue weighted by molar-refractivity contribution is -0.124. The van der Waals surface area contributed by atoms with E-state index in [1.165, 1.54) is 0 Å². The number of hydrogen-bond acceptors (Lipinski definition) is 3. The second-order valence-electron chi connectivity index (χ2n) is 8.19. The van der Waals surface area contributed by atoms with Crippen LogP contribution in [0.1, 0.15) is 31.0 Å². The van der Waals surface area contributed by atoms with Crippen molar-refractivity contribution in [1.29, 1.82) is 0 Å². The minimum Gasteiger partial charge on any atom is -0.490 e. The van der Waals surface area contributed by atoms with Gasteiger partial charge in [0.05, 0.1) is 17.1 Å². The molecule has 1 aliphatic rings. The van der Waals surface area contributed by atoms with Crippen molar-refractivity contribution in [2.75, 3.05) is 17.2 Å². The van der Waals surface area contributed by atoms with Crippen molar-refractivity contribution in [2.45, 2.75) is 19.9 Å². The molecule has 0 radical (unpaired) electrons. The van der Waals surface area contributed by atoms with Crippen molar-refractivity contribution in [3.8, 4) is 5.75 Å². The minimum atomic E-state index is -0.636. The number of urea groups is 1. The molecule has 3 aromatic rings. The third-order valence-electron chi connectivity index (χ3n) is 5.23. The normalized spacial score (nSPS) is 14.6. The number of ether oxygens (including phenoxy) is 1. The van der Waals surface area contributed by atoms with Gasteiger partial charge in [0.15, 0.2) is 0 Å². The van der Waals surface area contributed by atoms with E-state index in [-0.39, 0.29) is 24.6 Å². The number of benzene rings is 3. The average molecular weight is 415 g/mol. The summed E-state index contributed by atoms with van der Waals surface area (Å²) in [6.07, 6.45) is 0. The fourth-order valence-electron chi connectivity index (χ4n) is 3.39. The van der Waals surface area contributed by atoms with Gasteiger partial charge in [-0.15, -0.1) is 0 Å². The van der Waals surface area contributed by atoms with Gasteiger partial charge < -0.3 is 20.7 Å². The van der Waals surface area contributed by atoms with Gasteiger partial charge in [0, 0.05) is 5.69 Å². The molecule has 0 saturated carbocycles. The third-order valence-corrected chi connectivity index (χ3v) is 5.23. The molecular weight excluding hydrogens is 390 g/mol. The van der Waals surface area contributed by atoms with Crippen LogP contribution in [0.15, 0.2) is 78.9 Å². The molecule has 4 rings (SSSR count). The molecule has 0 spiro atoms. The predicted molar refractivity (Wildman–Crippen MR) is 121 cm³/mol. The molecule has 6 heteroatoms. The first-order chi connectivity index (χ1) is 14.9. The summed E-state index contributed by atoms with van der Waals surface area (Å²) in [5.74, 6) is 0.456. The number of fused-ring (bicyclic) bond motifs is 1. The lowest BCUT2D eigenvalue weighted by Crippen LogP contribution is -2.33. The number of rotatable bonds is 4. The zero-order valence-electron chi connectivity index (χ0n) is 17.5. The second kappa shape index (κ2) is 8.52. The highest BCUT2D eigenvalue weighted by Gasteiger charge is 2.32. The molecule has 0 unspecified atom stereocenters. The molecule has 3 aromatic carbocycles. The highest BCUT2D eigenvalue weighted by molar-refractivity contribution is 5.98. The summed E-state index contributed by atoms with van der Waals surface area (Å²) in [6.45, 7) is 3.94. The number of anilines is 2. The van der Waals surface area contributed by atoms with Gasteiger partial charge in [-0.2, -0.15) is 0 Å². The van der Waals surface area contributed by atoms with Crippen molar-refractivity contribution in [1.82, 2.24) is 5.32 Å². The van der Waals surface area contributed by atoms with E-state index in [1.54, 1.807) is 18.2 Å². The van der Waals surface area contributed by atoms with E-state index in [9.17, 15) is 9.59 Å². The van der Waals surface area contributed by atoms with Gasteiger partial charge in [0.2, 0.25) is 5.91 Å². The lowest BCUT2D eigenvalue weighted by Gasteiger charge is -2.20. The van der Waals surface area contributed by atoms with Crippen LogP contribution in [0.25, 0.3) is 0 Å². The molecule has 1 heterocycles. The first kappa shape index (κ1) is 20.5. The van der Waals surface area contributed by atoms with Crippen LogP contribution in [-0.2, 0) is 4.79 Å². The molecule has 0 atom stereocenters. The highest BCUT2D eigenvalue weighted by Crippen LogP contribution is 2.34. The summed E-state index contributed by atoms with van der Waals surface area (Å²) in [5.41, 5.74) is 2.42. The summed E-state index contributed by atoms with van der Waals surface area (Å²) in [7, 11) is 0. The number of nitrogens with one attached hydrogen (secondary N) is 3. The number of carbonyl (C=O) groups excluding carboxylic acids is 2. The number of carbonyl (C=O) groups is 2. The minimum absolute atomic E-state index is 0.124. The predicted octanol–water partition coefficient (Wildman–Crippen LogP) is 4.95. The van der Waals surface area contributed by atoms with Crippen molar-refractivity contribution < 1.29 is 14.3 Å². The zero-order chi connectivity index (χ0) is 21.8. The summed E-state index contributed by atoms with van der Waals surface area (Å²) >= 11 is 0. The lowest BCUT2D eigenvalue weighted by atomic mass is 9.94. The van der Waals surface area contributed by atoms with E-state index in [1.807, 2.05) is 74.5 Å². The molecule has 1 aliphatic heterocycles. The Morgan fingerprint density at radius 3 is 2.19 bits per heavy atom.